The summed E-state index contributed by atoms with van der Waals surface area (Å²) in [6, 6.07) is 11.1. The molecule has 3 aromatic rings. The molecular weight excluding hydrogens is 268 g/mol. The largest absolute Gasteiger partial charge is 0.329 e. The normalized spacial score (nSPS) is 10.7. The second kappa shape index (κ2) is 5.68. The smallest absolute Gasteiger partial charge is 0.233 e. The molecule has 0 unspecified atom stereocenters. The van der Waals surface area contributed by atoms with E-state index in [-0.39, 0.29) is 11.5 Å². The molecule has 0 fully saturated rings. The number of rotatable bonds is 5. The fourth-order valence-corrected chi connectivity index (χ4v) is 2.03. The van der Waals surface area contributed by atoms with E-state index in [1.807, 2.05) is 30.3 Å². The lowest BCUT2D eigenvalue weighted by Gasteiger charge is -2.04. The Morgan fingerprint density at radius 3 is 2.76 bits per heavy atom. The molecule has 2 aromatic heterocycles. The van der Waals surface area contributed by atoms with E-state index in [0.717, 1.165) is 5.69 Å². The molecular formula is C14H14N6O. The first-order chi connectivity index (χ1) is 10.3. The van der Waals surface area contributed by atoms with Gasteiger partial charge in [-0.1, -0.05) is 23.4 Å². The maximum absolute atomic E-state index is 12.5. The quantitative estimate of drug-likeness (QED) is 0.694. The zero-order valence-electron chi connectivity index (χ0n) is 11.3. The number of carbonyl (C=O) groups is 1. The maximum Gasteiger partial charge on any atom is 0.233 e. The van der Waals surface area contributed by atoms with Crippen LogP contribution in [0.3, 0.4) is 0 Å². The number of ketones is 1. The Hall–Kier alpha value is -2.80. The van der Waals surface area contributed by atoms with Crippen molar-refractivity contribution in [2.45, 2.75) is 6.54 Å². The van der Waals surface area contributed by atoms with Crippen molar-refractivity contribution in [3.8, 4) is 5.69 Å². The number of aromatic nitrogens is 5. The topological polar surface area (TPSA) is 91.6 Å². The summed E-state index contributed by atoms with van der Waals surface area (Å²) in [5.41, 5.74) is 7.00. The number of carbonyl (C=O) groups excluding carboxylic acids is 1. The van der Waals surface area contributed by atoms with Gasteiger partial charge in [-0.3, -0.25) is 9.48 Å². The summed E-state index contributed by atoms with van der Waals surface area (Å²) in [4.78, 5) is 12.5. The van der Waals surface area contributed by atoms with Crippen LogP contribution in [0, 0.1) is 0 Å². The highest BCUT2D eigenvalue weighted by Crippen LogP contribution is 2.13. The van der Waals surface area contributed by atoms with E-state index >= 15 is 0 Å². The number of benzene rings is 1. The molecule has 2 N–H and O–H groups in total. The van der Waals surface area contributed by atoms with Crippen LogP contribution in [0.2, 0.25) is 0 Å². The zero-order valence-corrected chi connectivity index (χ0v) is 11.3. The molecule has 0 amide bonds. The Bertz CT molecular complexity index is 746. The van der Waals surface area contributed by atoms with E-state index in [9.17, 15) is 4.79 Å². The molecule has 7 nitrogen and oxygen atoms in total. The molecule has 0 atom stereocenters. The van der Waals surface area contributed by atoms with E-state index in [1.54, 1.807) is 27.8 Å². The van der Waals surface area contributed by atoms with Gasteiger partial charge in [0.2, 0.25) is 5.78 Å². The van der Waals surface area contributed by atoms with Crippen molar-refractivity contribution < 1.29 is 4.79 Å². The SMILES string of the molecule is NCCn1cc(C(=O)c2ccnn2-c2ccccc2)nn1. The fraction of sp³-hybridized carbons (Fsp3) is 0.143. The molecule has 0 aliphatic rings. The van der Waals surface area contributed by atoms with Gasteiger partial charge in [0, 0.05) is 6.54 Å². The standard InChI is InChI=1S/C14H14N6O/c15-7-9-19-10-12(17-18-19)14(21)13-6-8-16-20(13)11-4-2-1-3-5-11/h1-6,8,10H,7,9,15H2. The third-order valence-electron chi connectivity index (χ3n) is 3.01. The Morgan fingerprint density at radius 1 is 1.19 bits per heavy atom. The highest BCUT2D eigenvalue weighted by Gasteiger charge is 2.18. The summed E-state index contributed by atoms with van der Waals surface area (Å²) in [5, 5.41) is 12.0. The third kappa shape index (κ3) is 2.59. The molecule has 2 heterocycles. The molecule has 0 saturated heterocycles. The lowest BCUT2D eigenvalue weighted by Crippen LogP contribution is -2.11. The van der Waals surface area contributed by atoms with Gasteiger partial charge in [-0.2, -0.15) is 5.10 Å². The molecule has 0 spiro atoms. The summed E-state index contributed by atoms with van der Waals surface area (Å²) in [6.45, 7) is 0.969. The van der Waals surface area contributed by atoms with Gasteiger partial charge in [0.05, 0.1) is 24.6 Å². The lowest BCUT2D eigenvalue weighted by molar-refractivity contribution is 0.102. The van der Waals surface area contributed by atoms with Crippen molar-refractivity contribution in [3.05, 3.63) is 60.2 Å². The first-order valence-electron chi connectivity index (χ1n) is 6.54. The molecule has 0 radical (unpaired) electrons. The van der Waals surface area contributed by atoms with Crippen molar-refractivity contribution in [2.75, 3.05) is 6.54 Å². The van der Waals surface area contributed by atoms with Gasteiger partial charge in [0.1, 0.15) is 5.69 Å². The minimum atomic E-state index is -0.223. The Labute approximate surface area is 121 Å². The van der Waals surface area contributed by atoms with Gasteiger partial charge in [0.15, 0.2) is 5.69 Å². The predicted molar refractivity (Wildman–Crippen MR) is 76.1 cm³/mol. The molecule has 0 aliphatic carbocycles. The van der Waals surface area contributed by atoms with Crippen molar-refractivity contribution in [2.24, 2.45) is 5.73 Å². The highest BCUT2D eigenvalue weighted by atomic mass is 16.1. The number of para-hydroxylation sites is 1. The summed E-state index contributed by atoms with van der Waals surface area (Å²) in [6.07, 6.45) is 3.18. The van der Waals surface area contributed by atoms with E-state index in [2.05, 4.69) is 15.4 Å². The van der Waals surface area contributed by atoms with E-state index in [0.29, 0.717) is 18.8 Å². The summed E-state index contributed by atoms with van der Waals surface area (Å²) in [7, 11) is 0. The fourth-order valence-electron chi connectivity index (χ4n) is 2.03. The van der Waals surface area contributed by atoms with Crippen molar-refractivity contribution in [1.29, 1.82) is 0 Å². The molecule has 1 aromatic carbocycles. The van der Waals surface area contributed by atoms with Gasteiger partial charge in [-0.05, 0) is 18.2 Å². The van der Waals surface area contributed by atoms with Crippen molar-refractivity contribution >= 4 is 5.78 Å². The number of hydrogen-bond donors (Lipinski definition) is 1. The van der Waals surface area contributed by atoms with Gasteiger partial charge < -0.3 is 5.73 Å². The van der Waals surface area contributed by atoms with E-state index in [1.165, 1.54) is 0 Å². The zero-order chi connectivity index (χ0) is 14.7. The number of nitrogens with zero attached hydrogens (tertiary/aromatic N) is 5. The molecule has 0 saturated carbocycles. The summed E-state index contributed by atoms with van der Waals surface area (Å²) < 4.78 is 3.14. The van der Waals surface area contributed by atoms with Crippen LogP contribution >= 0.6 is 0 Å². The van der Waals surface area contributed by atoms with Crippen molar-refractivity contribution in [3.63, 3.8) is 0 Å². The Morgan fingerprint density at radius 2 is 2.00 bits per heavy atom. The molecule has 21 heavy (non-hydrogen) atoms. The molecule has 7 heteroatoms. The van der Waals surface area contributed by atoms with Crippen LogP contribution in [-0.2, 0) is 6.54 Å². The predicted octanol–water partition coefficient (Wildman–Crippen LogP) is 0.653. The van der Waals surface area contributed by atoms with Crippen LogP contribution in [0.15, 0.2) is 48.8 Å². The Balaban J connectivity index is 1.94. The third-order valence-corrected chi connectivity index (χ3v) is 3.01. The van der Waals surface area contributed by atoms with E-state index in [4.69, 9.17) is 5.73 Å². The van der Waals surface area contributed by atoms with Gasteiger partial charge in [0.25, 0.3) is 0 Å². The van der Waals surface area contributed by atoms with Gasteiger partial charge in [-0.15, -0.1) is 5.10 Å². The van der Waals surface area contributed by atoms with Gasteiger partial charge in [-0.25, -0.2) is 4.68 Å². The van der Waals surface area contributed by atoms with E-state index < -0.39 is 0 Å². The number of nitrogens with two attached hydrogens (primary N) is 1. The number of hydrogen-bond acceptors (Lipinski definition) is 5. The first-order valence-corrected chi connectivity index (χ1v) is 6.54. The lowest BCUT2D eigenvalue weighted by atomic mass is 10.2. The van der Waals surface area contributed by atoms with Crippen LogP contribution in [0.25, 0.3) is 5.69 Å². The summed E-state index contributed by atoms with van der Waals surface area (Å²) in [5.74, 6) is -0.223. The highest BCUT2D eigenvalue weighted by molar-refractivity contribution is 6.06. The Kier molecular flexibility index (Phi) is 3.57. The van der Waals surface area contributed by atoms with Crippen LogP contribution in [-0.4, -0.2) is 37.1 Å². The average molecular weight is 282 g/mol. The van der Waals surface area contributed by atoms with Crippen LogP contribution in [0.4, 0.5) is 0 Å². The minimum absolute atomic E-state index is 0.223. The molecule has 0 aliphatic heterocycles. The second-order valence-electron chi connectivity index (χ2n) is 4.45. The van der Waals surface area contributed by atoms with Gasteiger partial charge >= 0.3 is 0 Å². The maximum atomic E-state index is 12.5. The monoisotopic (exact) mass is 282 g/mol. The molecule has 3 rings (SSSR count). The average Bonchev–Trinajstić information content (AvgIpc) is 3.17. The minimum Gasteiger partial charge on any atom is -0.329 e. The van der Waals surface area contributed by atoms with Crippen LogP contribution in [0.5, 0.6) is 0 Å². The first kappa shape index (κ1) is 13.2. The summed E-state index contributed by atoms with van der Waals surface area (Å²) >= 11 is 0. The van der Waals surface area contributed by atoms with Crippen LogP contribution in [0.1, 0.15) is 16.2 Å². The molecule has 106 valence electrons. The van der Waals surface area contributed by atoms with Crippen LogP contribution < -0.4 is 5.73 Å². The van der Waals surface area contributed by atoms with Crippen molar-refractivity contribution in [1.82, 2.24) is 24.8 Å². The molecule has 0 bridgehead atoms. The second-order valence-corrected chi connectivity index (χ2v) is 4.45.